The fraction of sp³-hybridized carbons (Fsp3) is 0.647. The van der Waals surface area contributed by atoms with E-state index in [4.69, 9.17) is 0 Å². The molecule has 112 valence electrons. The van der Waals surface area contributed by atoms with Gasteiger partial charge in [0.2, 0.25) is 0 Å². The number of β-amino-alcohol motifs (C(OH)–C–C–N with tert-alkyl or cyclic N) is 1. The van der Waals surface area contributed by atoms with Gasteiger partial charge in [0.15, 0.2) is 0 Å². The minimum absolute atomic E-state index is 0.254. The summed E-state index contributed by atoms with van der Waals surface area (Å²) in [6.45, 7) is 8.56. The van der Waals surface area contributed by atoms with Gasteiger partial charge in [-0.1, -0.05) is 29.3 Å². The number of piperidine rings is 1. The van der Waals surface area contributed by atoms with E-state index in [1.807, 2.05) is 6.92 Å². The van der Waals surface area contributed by atoms with Crippen molar-refractivity contribution in [3.63, 3.8) is 0 Å². The van der Waals surface area contributed by atoms with Gasteiger partial charge in [-0.2, -0.15) is 0 Å². The average Bonchev–Trinajstić information content (AvgIpc) is 2.37. The molecule has 3 heteroatoms. The van der Waals surface area contributed by atoms with Gasteiger partial charge in [-0.15, -0.1) is 0 Å². The van der Waals surface area contributed by atoms with Crippen LogP contribution in [0.25, 0.3) is 0 Å². The summed E-state index contributed by atoms with van der Waals surface area (Å²) in [6.07, 6.45) is 1.50. The summed E-state index contributed by atoms with van der Waals surface area (Å²) in [7, 11) is 0. The first-order valence-corrected chi connectivity index (χ1v) is 7.62. The number of aliphatic hydroxyl groups is 2. The molecular weight excluding hydrogens is 250 g/mol. The van der Waals surface area contributed by atoms with E-state index >= 15 is 0 Å². The Morgan fingerprint density at radius 1 is 1.20 bits per heavy atom. The molecule has 0 saturated carbocycles. The van der Waals surface area contributed by atoms with Crippen LogP contribution in [0.15, 0.2) is 18.2 Å². The number of nitrogens with zero attached hydrogens (tertiary/aromatic N) is 1. The van der Waals surface area contributed by atoms with Crippen LogP contribution in [0.5, 0.6) is 0 Å². The molecule has 3 atom stereocenters. The molecule has 0 radical (unpaired) electrons. The van der Waals surface area contributed by atoms with Crippen LogP contribution in [0, 0.1) is 19.8 Å². The van der Waals surface area contributed by atoms with Crippen LogP contribution < -0.4 is 0 Å². The van der Waals surface area contributed by atoms with Crippen LogP contribution in [0.1, 0.15) is 42.6 Å². The maximum atomic E-state index is 10.4. The van der Waals surface area contributed by atoms with Gasteiger partial charge in [0, 0.05) is 13.1 Å². The average molecular weight is 277 g/mol. The highest BCUT2D eigenvalue weighted by atomic mass is 16.3. The third kappa shape index (κ3) is 4.05. The summed E-state index contributed by atoms with van der Waals surface area (Å²) in [5, 5.41) is 20.2. The standard InChI is InChI=1S/C17H27NO2/c1-12-7-13(2)9-16(8-12)17(20)11-18-6-4-5-15(10-18)14(3)19/h7-9,14-15,17,19-20H,4-6,10-11H2,1-3H3. The number of rotatable bonds is 4. The molecule has 0 aromatic heterocycles. The molecule has 2 rings (SSSR count). The third-order valence-electron chi connectivity index (χ3n) is 4.28. The molecule has 2 N–H and O–H groups in total. The third-order valence-corrected chi connectivity index (χ3v) is 4.28. The number of aliphatic hydroxyl groups excluding tert-OH is 2. The minimum Gasteiger partial charge on any atom is -0.393 e. The molecular formula is C17H27NO2. The van der Waals surface area contributed by atoms with Gasteiger partial charge in [0.05, 0.1) is 12.2 Å². The van der Waals surface area contributed by atoms with Gasteiger partial charge >= 0.3 is 0 Å². The lowest BCUT2D eigenvalue weighted by atomic mass is 9.93. The summed E-state index contributed by atoms with van der Waals surface area (Å²) < 4.78 is 0. The fourth-order valence-electron chi connectivity index (χ4n) is 3.20. The molecule has 1 fully saturated rings. The maximum Gasteiger partial charge on any atom is 0.0917 e. The largest absolute Gasteiger partial charge is 0.393 e. The molecule has 3 nitrogen and oxygen atoms in total. The van der Waals surface area contributed by atoms with Crippen molar-refractivity contribution in [1.29, 1.82) is 0 Å². The predicted octanol–water partition coefficient (Wildman–Crippen LogP) is 2.43. The zero-order valence-electron chi connectivity index (χ0n) is 12.8. The molecule has 0 spiro atoms. The Kier molecular flexibility index (Phi) is 5.19. The van der Waals surface area contributed by atoms with Crippen molar-refractivity contribution < 1.29 is 10.2 Å². The Balaban J connectivity index is 1.98. The topological polar surface area (TPSA) is 43.7 Å². The van der Waals surface area contributed by atoms with E-state index in [1.165, 1.54) is 11.1 Å². The SMILES string of the molecule is Cc1cc(C)cc(C(O)CN2CCCC(C(C)O)C2)c1. The highest BCUT2D eigenvalue weighted by molar-refractivity contribution is 5.30. The lowest BCUT2D eigenvalue weighted by Crippen LogP contribution is -2.41. The Labute approximate surface area is 122 Å². The zero-order valence-corrected chi connectivity index (χ0v) is 12.8. The van der Waals surface area contributed by atoms with Crippen LogP contribution in [0.2, 0.25) is 0 Å². The predicted molar refractivity (Wildman–Crippen MR) is 81.7 cm³/mol. The molecule has 0 bridgehead atoms. The van der Waals surface area contributed by atoms with Gasteiger partial charge in [0.25, 0.3) is 0 Å². The molecule has 20 heavy (non-hydrogen) atoms. The zero-order chi connectivity index (χ0) is 14.7. The van der Waals surface area contributed by atoms with Crippen LogP contribution >= 0.6 is 0 Å². The van der Waals surface area contributed by atoms with Gasteiger partial charge in [0.1, 0.15) is 0 Å². The van der Waals surface area contributed by atoms with Crippen LogP contribution in [-0.2, 0) is 0 Å². The number of hydrogen-bond donors (Lipinski definition) is 2. The van der Waals surface area contributed by atoms with Crippen molar-refractivity contribution in [2.24, 2.45) is 5.92 Å². The summed E-state index contributed by atoms with van der Waals surface area (Å²) >= 11 is 0. The molecule has 0 amide bonds. The first-order valence-electron chi connectivity index (χ1n) is 7.62. The molecule has 3 unspecified atom stereocenters. The Hall–Kier alpha value is -0.900. The molecule has 1 aliphatic heterocycles. The van der Waals surface area contributed by atoms with Gasteiger partial charge in [-0.25, -0.2) is 0 Å². The van der Waals surface area contributed by atoms with Crippen molar-refractivity contribution in [2.45, 2.75) is 45.8 Å². The van der Waals surface area contributed by atoms with Crippen molar-refractivity contribution in [1.82, 2.24) is 4.90 Å². The molecule has 1 aromatic rings. The lowest BCUT2D eigenvalue weighted by molar-refractivity contribution is 0.0377. The monoisotopic (exact) mass is 277 g/mol. The Bertz CT molecular complexity index is 424. The highest BCUT2D eigenvalue weighted by Gasteiger charge is 2.25. The normalized spacial score (nSPS) is 23.6. The van der Waals surface area contributed by atoms with E-state index in [9.17, 15) is 10.2 Å². The fourth-order valence-corrected chi connectivity index (χ4v) is 3.20. The minimum atomic E-state index is -0.443. The molecule has 1 saturated heterocycles. The van der Waals surface area contributed by atoms with Crippen molar-refractivity contribution in [3.8, 4) is 0 Å². The second-order valence-electron chi connectivity index (χ2n) is 6.34. The van der Waals surface area contributed by atoms with E-state index in [1.54, 1.807) is 0 Å². The molecule has 1 aliphatic rings. The maximum absolute atomic E-state index is 10.4. The van der Waals surface area contributed by atoms with Crippen molar-refractivity contribution >= 4 is 0 Å². The van der Waals surface area contributed by atoms with Gasteiger partial charge in [-0.3, -0.25) is 0 Å². The quantitative estimate of drug-likeness (QED) is 0.888. The van der Waals surface area contributed by atoms with Crippen LogP contribution in [0.3, 0.4) is 0 Å². The smallest absolute Gasteiger partial charge is 0.0917 e. The Morgan fingerprint density at radius 2 is 1.85 bits per heavy atom. The van der Waals surface area contributed by atoms with Crippen molar-refractivity contribution in [3.05, 3.63) is 34.9 Å². The molecule has 1 heterocycles. The first-order chi connectivity index (χ1) is 9.45. The van der Waals surface area contributed by atoms with Gasteiger partial charge in [-0.05, 0) is 51.6 Å². The van der Waals surface area contributed by atoms with Crippen molar-refractivity contribution in [2.75, 3.05) is 19.6 Å². The highest BCUT2D eigenvalue weighted by Crippen LogP contribution is 2.23. The molecule has 1 aromatic carbocycles. The second-order valence-corrected chi connectivity index (χ2v) is 6.34. The van der Waals surface area contributed by atoms with Crippen LogP contribution in [-0.4, -0.2) is 40.9 Å². The summed E-state index contributed by atoms with van der Waals surface area (Å²) in [4.78, 5) is 2.28. The first kappa shape index (κ1) is 15.5. The molecule has 0 aliphatic carbocycles. The van der Waals surface area contributed by atoms with Gasteiger partial charge < -0.3 is 15.1 Å². The van der Waals surface area contributed by atoms with E-state index in [-0.39, 0.29) is 6.10 Å². The summed E-state index contributed by atoms with van der Waals surface area (Å²) in [5.74, 6) is 0.343. The van der Waals surface area contributed by atoms with Crippen LogP contribution in [0.4, 0.5) is 0 Å². The number of aryl methyl sites for hydroxylation is 2. The Morgan fingerprint density at radius 3 is 2.45 bits per heavy atom. The van der Waals surface area contributed by atoms with E-state index in [2.05, 4.69) is 36.9 Å². The number of likely N-dealkylation sites (tertiary alicyclic amines) is 1. The van der Waals surface area contributed by atoms with E-state index in [0.29, 0.717) is 12.5 Å². The number of hydrogen-bond acceptors (Lipinski definition) is 3. The summed E-state index contributed by atoms with van der Waals surface area (Å²) in [5.41, 5.74) is 3.39. The summed E-state index contributed by atoms with van der Waals surface area (Å²) in [6, 6.07) is 6.25. The van der Waals surface area contributed by atoms with E-state index in [0.717, 1.165) is 31.5 Å². The number of benzene rings is 1. The lowest BCUT2D eigenvalue weighted by Gasteiger charge is -2.35. The second kappa shape index (κ2) is 6.70. The van der Waals surface area contributed by atoms with E-state index < -0.39 is 6.10 Å².